The summed E-state index contributed by atoms with van der Waals surface area (Å²) in [7, 11) is 0. The highest BCUT2D eigenvalue weighted by Gasteiger charge is 2.05. The van der Waals surface area contributed by atoms with Gasteiger partial charge in [0.1, 0.15) is 0 Å². The molecule has 0 aromatic heterocycles. The van der Waals surface area contributed by atoms with Crippen molar-refractivity contribution in [1.82, 2.24) is 0 Å². The minimum Gasteiger partial charge on any atom is -0.0654 e. The summed E-state index contributed by atoms with van der Waals surface area (Å²) in [5.41, 5.74) is 0. The van der Waals surface area contributed by atoms with Gasteiger partial charge in [-0.2, -0.15) is 0 Å². The molecule has 0 nitrogen and oxygen atoms in total. The molecule has 0 heteroatoms. The Morgan fingerprint density at radius 2 is 0.696 bits per heavy atom. The Morgan fingerprint density at radius 1 is 0.391 bits per heavy atom. The maximum Gasteiger partial charge on any atom is -0.0417 e. The van der Waals surface area contributed by atoms with E-state index in [2.05, 4.69) is 20.8 Å². The van der Waals surface area contributed by atoms with Gasteiger partial charge in [0.15, 0.2) is 0 Å². The van der Waals surface area contributed by atoms with E-state index in [9.17, 15) is 0 Å². The summed E-state index contributed by atoms with van der Waals surface area (Å²) >= 11 is 0. The Labute approximate surface area is 149 Å². The molecule has 0 aliphatic carbocycles. The monoisotopic (exact) mass is 324 g/mol. The van der Waals surface area contributed by atoms with Crippen LogP contribution in [0, 0.1) is 5.92 Å². The van der Waals surface area contributed by atoms with Crippen molar-refractivity contribution in [2.24, 2.45) is 5.92 Å². The molecule has 0 aliphatic rings. The molecule has 1 unspecified atom stereocenters. The quantitative estimate of drug-likeness (QED) is 0.208. The van der Waals surface area contributed by atoms with Crippen molar-refractivity contribution in [3.8, 4) is 0 Å². The van der Waals surface area contributed by atoms with E-state index in [-0.39, 0.29) is 0 Å². The van der Waals surface area contributed by atoms with E-state index in [1.807, 2.05) is 0 Å². The molecule has 0 spiro atoms. The fourth-order valence-electron chi connectivity index (χ4n) is 3.69. The Balaban J connectivity index is 3.17. The third-order valence-electron chi connectivity index (χ3n) is 5.51. The second-order valence-electron chi connectivity index (χ2n) is 7.80. The van der Waals surface area contributed by atoms with E-state index in [1.54, 1.807) is 0 Å². The lowest BCUT2D eigenvalue weighted by molar-refractivity contribution is 0.395. The lowest BCUT2D eigenvalue weighted by atomic mass is 9.92. The molecule has 0 rings (SSSR count). The first kappa shape index (κ1) is 23.0. The molecule has 0 amide bonds. The summed E-state index contributed by atoms with van der Waals surface area (Å²) in [6.45, 7) is 7.00. The predicted molar refractivity (Wildman–Crippen MR) is 108 cm³/mol. The molecule has 1 atom stereocenters. The summed E-state index contributed by atoms with van der Waals surface area (Å²) in [5.74, 6) is 1.02. The summed E-state index contributed by atoms with van der Waals surface area (Å²) in [4.78, 5) is 0. The zero-order chi connectivity index (χ0) is 17.0. The fourth-order valence-corrected chi connectivity index (χ4v) is 3.69. The normalized spacial score (nSPS) is 12.7. The van der Waals surface area contributed by atoms with Gasteiger partial charge in [0.25, 0.3) is 0 Å². The smallest absolute Gasteiger partial charge is 0.0417 e. The second-order valence-corrected chi connectivity index (χ2v) is 7.80. The fraction of sp³-hybridized carbons (Fsp3) is 1.00. The van der Waals surface area contributed by atoms with Gasteiger partial charge in [-0.15, -0.1) is 0 Å². The van der Waals surface area contributed by atoms with E-state index in [0.29, 0.717) is 0 Å². The minimum atomic E-state index is 1.02. The van der Waals surface area contributed by atoms with Crippen molar-refractivity contribution in [1.29, 1.82) is 0 Å². The van der Waals surface area contributed by atoms with Crippen LogP contribution in [0.25, 0.3) is 0 Å². The van der Waals surface area contributed by atoms with Crippen LogP contribution in [0.5, 0.6) is 0 Å². The van der Waals surface area contributed by atoms with Crippen LogP contribution in [0.15, 0.2) is 0 Å². The van der Waals surface area contributed by atoms with E-state index in [4.69, 9.17) is 0 Å². The summed E-state index contributed by atoms with van der Waals surface area (Å²) in [5, 5.41) is 0. The molecule has 0 saturated heterocycles. The van der Waals surface area contributed by atoms with Gasteiger partial charge < -0.3 is 0 Å². The van der Waals surface area contributed by atoms with Crippen LogP contribution in [0.4, 0.5) is 0 Å². The number of rotatable bonds is 19. The molecule has 0 fully saturated rings. The first-order valence-corrected chi connectivity index (χ1v) is 11.3. The molecule has 0 bridgehead atoms. The third-order valence-corrected chi connectivity index (χ3v) is 5.51. The molecule has 0 heterocycles. The standard InChI is InChI=1S/C23H48/c1-4-7-9-10-11-12-13-14-15-16-17-18-20-22-23(6-3)21-19-8-5-2/h23H,4-22H2,1-3H3. The van der Waals surface area contributed by atoms with Crippen molar-refractivity contribution < 1.29 is 0 Å². The number of hydrogen-bond donors (Lipinski definition) is 0. The molecule has 0 radical (unpaired) electrons. The van der Waals surface area contributed by atoms with Gasteiger partial charge in [0.2, 0.25) is 0 Å². The van der Waals surface area contributed by atoms with Crippen molar-refractivity contribution in [2.45, 2.75) is 143 Å². The average molecular weight is 325 g/mol. The van der Waals surface area contributed by atoms with Gasteiger partial charge in [-0.3, -0.25) is 0 Å². The highest BCUT2D eigenvalue weighted by Crippen LogP contribution is 2.21. The van der Waals surface area contributed by atoms with Crippen molar-refractivity contribution in [3.05, 3.63) is 0 Å². The zero-order valence-corrected chi connectivity index (χ0v) is 17.0. The van der Waals surface area contributed by atoms with Crippen molar-refractivity contribution in [2.75, 3.05) is 0 Å². The summed E-state index contributed by atoms with van der Waals surface area (Å²) in [6, 6.07) is 0. The van der Waals surface area contributed by atoms with Crippen molar-refractivity contribution >= 4 is 0 Å². The predicted octanol–water partition coefficient (Wildman–Crippen LogP) is 9.07. The van der Waals surface area contributed by atoms with Crippen LogP contribution in [0.1, 0.15) is 143 Å². The van der Waals surface area contributed by atoms with E-state index >= 15 is 0 Å². The molecular formula is C23H48. The van der Waals surface area contributed by atoms with Gasteiger partial charge in [-0.05, 0) is 5.92 Å². The first-order valence-electron chi connectivity index (χ1n) is 11.3. The zero-order valence-electron chi connectivity index (χ0n) is 17.0. The molecule has 0 saturated carbocycles. The highest BCUT2D eigenvalue weighted by atomic mass is 14.1. The molecule has 0 aromatic rings. The van der Waals surface area contributed by atoms with E-state index in [1.165, 1.54) is 122 Å². The van der Waals surface area contributed by atoms with Crippen molar-refractivity contribution in [3.63, 3.8) is 0 Å². The molecule has 23 heavy (non-hydrogen) atoms. The van der Waals surface area contributed by atoms with Crippen LogP contribution in [0.2, 0.25) is 0 Å². The van der Waals surface area contributed by atoms with Crippen LogP contribution in [-0.2, 0) is 0 Å². The number of unbranched alkanes of at least 4 members (excludes halogenated alkanes) is 14. The van der Waals surface area contributed by atoms with E-state index < -0.39 is 0 Å². The molecule has 140 valence electrons. The Morgan fingerprint density at radius 3 is 1.09 bits per heavy atom. The lowest BCUT2D eigenvalue weighted by Crippen LogP contribution is -1.99. The Kier molecular flexibility index (Phi) is 20.0. The van der Waals surface area contributed by atoms with Gasteiger partial charge in [0, 0.05) is 0 Å². The second kappa shape index (κ2) is 20.0. The Hall–Kier alpha value is 0. The highest BCUT2D eigenvalue weighted by molar-refractivity contribution is 4.58. The van der Waals surface area contributed by atoms with Gasteiger partial charge >= 0.3 is 0 Å². The Bertz CT molecular complexity index is 196. The summed E-state index contributed by atoms with van der Waals surface area (Å²) in [6.07, 6.45) is 27.8. The average Bonchev–Trinajstić information content (AvgIpc) is 2.57. The molecule has 0 aliphatic heterocycles. The third kappa shape index (κ3) is 18.2. The van der Waals surface area contributed by atoms with Crippen LogP contribution >= 0.6 is 0 Å². The molecule has 0 aromatic carbocycles. The summed E-state index contributed by atoms with van der Waals surface area (Å²) < 4.78 is 0. The SMILES string of the molecule is CCCCCCCCCCCCCCCC(CC)CCCCC. The largest absolute Gasteiger partial charge is 0.0654 e. The lowest BCUT2D eigenvalue weighted by Gasteiger charge is -2.14. The van der Waals surface area contributed by atoms with Gasteiger partial charge in [-0.25, -0.2) is 0 Å². The maximum atomic E-state index is 2.39. The van der Waals surface area contributed by atoms with Gasteiger partial charge in [0.05, 0.1) is 0 Å². The molecular weight excluding hydrogens is 276 g/mol. The van der Waals surface area contributed by atoms with Crippen LogP contribution in [0.3, 0.4) is 0 Å². The maximum absolute atomic E-state index is 2.39. The number of hydrogen-bond acceptors (Lipinski definition) is 0. The first-order chi connectivity index (χ1) is 11.3. The minimum absolute atomic E-state index is 1.02. The van der Waals surface area contributed by atoms with E-state index in [0.717, 1.165) is 5.92 Å². The topological polar surface area (TPSA) is 0 Å². The van der Waals surface area contributed by atoms with Crippen LogP contribution < -0.4 is 0 Å². The van der Waals surface area contributed by atoms with Crippen LogP contribution in [-0.4, -0.2) is 0 Å². The van der Waals surface area contributed by atoms with Gasteiger partial charge in [-0.1, -0.05) is 143 Å². The molecule has 0 N–H and O–H groups in total.